The normalized spacial score (nSPS) is 10.9. The van der Waals surface area contributed by atoms with Gasteiger partial charge in [0, 0.05) is 36.7 Å². The van der Waals surface area contributed by atoms with Gasteiger partial charge in [0.15, 0.2) is 5.69 Å². The highest BCUT2D eigenvalue weighted by Crippen LogP contribution is 2.14. The van der Waals surface area contributed by atoms with E-state index in [2.05, 4.69) is 20.8 Å². The minimum atomic E-state index is -0.486. The van der Waals surface area contributed by atoms with E-state index in [1.165, 1.54) is 18.2 Å². The number of hydrogen-bond acceptors (Lipinski definition) is 5. The monoisotopic (exact) mass is 379 g/mol. The molecule has 1 aromatic heterocycles. The first kappa shape index (κ1) is 18.8. The molecule has 9 heteroatoms. The molecule has 3 N–H and O–H groups in total. The number of nitrogens with zero attached hydrogens (tertiary/aromatic N) is 2. The summed E-state index contributed by atoms with van der Waals surface area (Å²) in [6, 6.07) is 13.1. The Labute approximate surface area is 159 Å². The number of amides is 2. The third kappa shape index (κ3) is 4.58. The van der Waals surface area contributed by atoms with Gasteiger partial charge in [0.05, 0.1) is 10.4 Å². The Morgan fingerprint density at radius 2 is 1.79 bits per heavy atom. The van der Waals surface area contributed by atoms with Crippen molar-refractivity contribution in [3.8, 4) is 0 Å². The van der Waals surface area contributed by atoms with E-state index in [1.54, 1.807) is 24.3 Å². The van der Waals surface area contributed by atoms with Crippen molar-refractivity contribution in [3.05, 3.63) is 76.0 Å². The van der Waals surface area contributed by atoms with Crippen LogP contribution < -0.4 is 10.6 Å². The standard InChI is InChI=1S/C19H17N5O4/c25-17(10-7-13-5-8-14(9-6-13)24(27)28)20-11-12-21-19(26)18-15-3-1-2-4-16(15)22-23-18/h1-10H,11-12H2,(H,20,25)(H,21,26)(H,22,23)/b10-7+. The summed E-state index contributed by atoms with van der Waals surface area (Å²) >= 11 is 0. The topological polar surface area (TPSA) is 130 Å². The van der Waals surface area contributed by atoms with E-state index < -0.39 is 4.92 Å². The van der Waals surface area contributed by atoms with Crippen LogP contribution in [0.5, 0.6) is 0 Å². The maximum absolute atomic E-state index is 12.2. The van der Waals surface area contributed by atoms with E-state index in [0.717, 1.165) is 10.9 Å². The van der Waals surface area contributed by atoms with Crippen LogP contribution in [0.2, 0.25) is 0 Å². The Morgan fingerprint density at radius 3 is 2.54 bits per heavy atom. The fourth-order valence-corrected chi connectivity index (χ4v) is 2.52. The second kappa shape index (κ2) is 8.58. The van der Waals surface area contributed by atoms with E-state index in [0.29, 0.717) is 11.3 Å². The van der Waals surface area contributed by atoms with Gasteiger partial charge in [-0.15, -0.1) is 0 Å². The molecule has 0 atom stereocenters. The zero-order valence-electron chi connectivity index (χ0n) is 14.7. The zero-order chi connectivity index (χ0) is 19.9. The Kier molecular flexibility index (Phi) is 5.75. The SMILES string of the molecule is O=C(/C=C/c1ccc([N+](=O)[O-])cc1)NCCNC(=O)c1n[nH]c2ccccc12. The predicted octanol–water partition coefficient (Wildman–Crippen LogP) is 2.03. The first-order valence-electron chi connectivity index (χ1n) is 8.46. The first-order valence-corrected chi connectivity index (χ1v) is 8.46. The van der Waals surface area contributed by atoms with Crippen LogP contribution in [0.4, 0.5) is 5.69 Å². The molecule has 0 aliphatic rings. The van der Waals surface area contributed by atoms with Crippen molar-refractivity contribution in [2.45, 2.75) is 0 Å². The maximum atomic E-state index is 12.2. The summed E-state index contributed by atoms with van der Waals surface area (Å²) in [4.78, 5) is 34.1. The molecule has 0 fully saturated rings. The summed E-state index contributed by atoms with van der Waals surface area (Å²) in [7, 11) is 0. The molecule has 9 nitrogen and oxygen atoms in total. The molecule has 0 saturated carbocycles. The number of nitrogens with one attached hydrogen (secondary N) is 3. The second-order valence-corrected chi connectivity index (χ2v) is 5.85. The highest BCUT2D eigenvalue weighted by molar-refractivity contribution is 6.04. The summed E-state index contributed by atoms with van der Waals surface area (Å²) in [5, 5.41) is 23.5. The van der Waals surface area contributed by atoms with E-state index in [9.17, 15) is 19.7 Å². The Bertz CT molecular complexity index is 1040. The molecule has 0 radical (unpaired) electrons. The van der Waals surface area contributed by atoms with Crippen LogP contribution in [-0.4, -0.2) is 40.0 Å². The fraction of sp³-hybridized carbons (Fsp3) is 0.105. The van der Waals surface area contributed by atoms with Crippen molar-refractivity contribution in [1.29, 1.82) is 0 Å². The summed E-state index contributed by atoms with van der Waals surface area (Å²) in [6.45, 7) is 0.495. The number of para-hydroxylation sites is 1. The summed E-state index contributed by atoms with van der Waals surface area (Å²) in [5.41, 5.74) is 1.74. The minimum Gasteiger partial charge on any atom is -0.351 e. The molecule has 0 aliphatic heterocycles. The molecule has 0 saturated heterocycles. The largest absolute Gasteiger partial charge is 0.351 e. The third-order valence-corrected chi connectivity index (χ3v) is 3.93. The van der Waals surface area contributed by atoms with Crippen LogP contribution in [0.25, 0.3) is 17.0 Å². The van der Waals surface area contributed by atoms with Crippen LogP contribution in [0.15, 0.2) is 54.6 Å². The molecular formula is C19H17N5O4. The van der Waals surface area contributed by atoms with Gasteiger partial charge in [-0.25, -0.2) is 0 Å². The number of carbonyl (C=O) groups excluding carboxylic acids is 2. The molecule has 0 bridgehead atoms. The number of aromatic nitrogens is 2. The maximum Gasteiger partial charge on any atom is 0.272 e. The molecule has 1 heterocycles. The van der Waals surface area contributed by atoms with Gasteiger partial charge in [0.25, 0.3) is 11.6 Å². The van der Waals surface area contributed by atoms with Gasteiger partial charge in [-0.3, -0.25) is 24.8 Å². The molecule has 142 valence electrons. The van der Waals surface area contributed by atoms with E-state index >= 15 is 0 Å². The molecule has 28 heavy (non-hydrogen) atoms. The minimum absolute atomic E-state index is 0.0120. The number of nitro benzene ring substituents is 1. The molecule has 0 unspecified atom stereocenters. The highest BCUT2D eigenvalue weighted by Gasteiger charge is 2.12. The van der Waals surface area contributed by atoms with Gasteiger partial charge in [-0.05, 0) is 29.8 Å². The molecule has 0 aliphatic carbocycles. The van der Waals surface area contributed by atoms with Crippen molar-refractivity contribution in [3.63, 3.8) is 0 Å². The number of H-pyrrole nitrogens is 1. The van der Waals surface area contributed by atoms with Crippen LogP contribution in [0, 0.1) is 10.1 Å². The van der Waals surface area contributed by atoms with Gasteiger partial charge in [0.1, 0.15) is 0 Å². The number of hydrogen-bond donors (Lipinski definition) is 3. The first-order chi connectivity index (χ1) is 13.5. The molecule has 2 amide bonds. The van der Waals surface area contributed by atoms with Gasteiger partial charge < -0.3 is 10.6 Å². The number of benzene rings is 2. The average Bonchev–Trinajstić information content (AvgIpc) is 3.14. The van der Waals surface area contributed by atoms with Crippen LogP contribution in [0.1, 0.15) is 16.1 Å². The summed E-state index contributed by atoms with van der Waals surface area (Å²) < 4.78 is 0. The van der Waals surface area contributed by atoms with Crippen LogP contribution >= 0.6 is 0 Å². The molecular weight excluding hydrogens is 362 g/mol. The lowest BCUT2D eigenvalue weighted by Gasteiger charge is -2.04. The van der Waals surface area contributed by atoms with Gasteiger partial charge in [-0.1, -0.05) is 18.2 Å². The number of carbonyl (C=O) groups is 2. The third-order valence-electron chi connectivity index (χ3n) is 3.93. The summed E-state index contributed by atoms with van der Waals surface area (Å²) in [5.74, 6) is -0.661. The van der Waals surface area contributed by atoms with Crippen molar-refractivity contribution >= 4 is 34.5 Å². The molecule has 2 aromatic carbocycles. The number of fused-ring (bicyclic) bond motifs is 1. The van der Waals surface area contributed by atoms with Gasteiger partial charge >= 0.3 is 0 Å². The Morgan fingerprint density at radius 1 is 1.07 bits per heavy atom. The average molecular weight is 379 g/mol. The molecule has 3 rings (SSSR count). The van der Waals surface area contributed by atoms with Crippen LogP contribution in [0.3, 0.4) is 0 Å². The van der Waals surface area contributed by atoms with Crippen molar-refractivity contribution in [1.82, 2.24) is 20.8 Å². The van der Waals surface area contributed by atoms with E-state index in [1.807, 2.05) is 18.2 Å². The van der Waals surface area contributed by atoms with Crippen molar-refractivity contribution in [2.75, 3.05) is 13.1 Å². The van der Waals surface area contributed by atoms with Crippen molar-refractivity contribution in [2.24, 2.45) is 0 Å². The number of aromatic amines is 1. The Balaban J connectivity index is 1.44. The number of rotatable bonds is 7. The second-order valence-electron chi connectivity index (χ2n) is 5.85. The van der Waals surface area contributed by atoms with E-state index in [4.69, 9.17) is 0 Å². The van der Waals surface area contributed by atoms with E-state index in [-0.39, 0.29) is 30.6 Å². The zero-order valence-corrected chi connectivity index (χ0v) is 14.7. The lowest BCUT2D eigenvalue weighted by atomic mass is 10.2. The van der Waals surface area contributed by atoms with Crippen molar-refractivity contribution < 1.29 is 14.5 Å². The number of non-ortho nitro benzene ring substituents is 1. The molecule has 3 aromatic rings. The lowest BCUT2D eigenvalue weighted by Crippen LogP contribution is -2.34. The van der Waals surface area contributed by atoms with Gasteiger partial charge in [0.2, 0.25) is 5.91 Å². The predicted molar refractivity (Wildman–Crippen MR) is 104 cm³/mol. The smallest absolute Gasteiger partial charge is 0.272 e. The quantitative estimate of drug-likeness (QED) is 0.250. The fourth-order valence-electron chi connectivity index (χ4n) is 2.52. The lowest BCUT2D eigenvalue weighted by molar-refractivity contribution is -0.384. The molecule has 0 spiro atoms. The van der Waals surface area contributed by atoms with Gasteiger partial charge in [-0.2, -0.15) is 5.10 Å². The highest BCUT2D eigenvalue weighted by atomic mass is 16.6. The summed E-state index contributed by atoms with van der Waals surface area (Å²) in [6.07, 6.45) is 2.87. The van der Waals surface area contributed by atoms with Crippen LogP contribution in [-0.2, 0) is 4.79 Å². The number of nitro groups is 1. The Hall–Kier alpha value is -4.01.